The first-order chi connectivity index (χ1) is 12.2. The molecule has 1 N–H and O–H groups in total. The number of likely N-dealkylation sites (tertiary alicyclic amines) is 1. The first-order valence-electron chi connectivity index (χ1n) is 9.00. The predicted octanol–water partition coefficient (Wildman–Crippen LogP) is 2.46. The van der Waals surface area contributed by atoms with Crippen molar-refractivity contribution in [1.29, 1.82) is 0 Å². The Labute approximate surface area is 146 Å². The second-order valence-corrected chi connectivity index (χ2v) is 6.90. The van der Waals surface area contributed by atoms with E-state index in [2.05, 4.69) is 20.2 Å². The highest BCUT2D eigenvalue weighted by Gasteiger charge is 2.27. The summed E-state index contributed by atoms with van der Waals surface area (Å²) in [6, 6.07) is 3.53. The van der Waals surface area contributed by atoms with Gasteiger partial charge in [0.1, 0.15) is 11.9 Å². The molecule has 1 saturated heterocycles. The molecule has 2 aromatic heterocycles. The molecule has 4 rings (SSSR count). The van der Waals surface area contributed by atoms with Crippen molar-refractivity contribution >= 4 is 5.91 Å². The fourth-order valence-electron chi connectivity index (χ4n) is 3.33. The van der Waals surface area contributed by atoms with E-state index in [4.69, 9.17) is 4.74 Å². The summed E-state index contributed by atoms with van der Waals surface area (Å²) >= 11 is 0. The van der Waals surface area contributed by atoms with Crippen LogP contribution in [0.15, 0.2) is 18.3 Å². The fraction of sp³-hybridized carbons (Fsp3) is 0.556. The SMILES string of the molecule is Cc1nc(C2CCN(C(=O)c3ccnc(OC4CCC4)c3)CC2)n[nH]1. The lowest BCUT2D eigenvalue weighted by Crippen LogP contribution is -2.38. The van der Waals surface area contributed by atoms with E-state index in [-0.39, 0.29) is 12.0 Å². The Kier molecular flexibility index (Phi) is 4.38. The van der Waals surface area contributed by atoms with E-state index in [1.54, 1.807) is 18.3 Å². The first-order valence-corrected chi connectivity index (χ1v) is 9.00. The van der Waals surface area contributed by atoms with Crippen LogP contribution in [0.25, 0.3) is 0 Å². The lowest BCUT2D eigenvalue weighted by molar-refractivity contribution is 0.0708. The van der Waals surface area contributed by atoms with Gasteiger partial charge < -0.3 is 9.64 Å². The average Bonchev–Trinajstić information content (AvgIpc) is 3.04. The number of amides is 1. The van der Waals surface area contributed by atoms with Crippen molar-refractivity contribution in [3.05, 3.63) is 35.5 Å². The lowest BCUT2D eigenvalue weighted by Gasteiger charge is -2.31. The van der Waals surface area contributed by atoms with Gasteiger partial charge in [-0.2, -0.15) is 5.10 Å². The minimum atomic E-state index is 0.0467. The lowest BCUT2D eigenvalue weighted by atomic mass is 9.95. The van der Waals surface area contributed by atoms with Gasteiger partial charge in [-0.25, -0.2) is 9.97 Å². The monoisotopic (exact) mass is 341 g/mol. The molecule has 7 nitrogen and oxygen atoms in total. The highest BCUT2D eigenvalue weighted by molar-refractivity contribution is 5.94. The summed E-state index contributed by atoms with van der Waals surface area (Å²) in [6.07, 6.45) is 7.06. The van der Waals surface area contributed by atoms with Gasteiger partial charge in [0.05, 0.1) is 0 Å². The number of nitrogens with one attached hydrogen (secondary N) is 1. The third kappa shape index (κ3) is 3.50. The van der Waals surface area contributed by atoms with E-state index in [1.807, 2.05) is 11.8 Å². The van der Waals surface area contributed by atoms with Crippen LogP contribution >= 0.6 is 0 Å². The van der Waals surface area contributed by atoms with Crippen LogP contribution in [-0.4, -0.2) is 50.2 Å². The van der Waals surface area contributed by atoms with Gasteiger partial charge in [0.25, 0.3) is 5.91 Å². The number of hydrogen-bond donors (Lipinski definition) is 1. The number of carbonyl (C=O) groups excluding carboxylic acids is 1. The van der Waals surface area contributed by atoms with Gasteiger partial charge in [-0.3, -0.25) is 9.89 Å². The molecule has 1 amide bonds. The number of aryl methyl sites for hydroxylation is 1. The quantitative estimate of drug-likeness (QED) is 0.923. The molecule has 1 aliphatic carbocycles. The number of rotatable bonds is 4. The molecule has 0 radical (unpaired) electrons. The Balaban J connectivity index is 1.37. The molecule has 25 heavy (non-hydrogen) atoms. The molecule has 0 atom stereocenters. The Morgan fingerprint density at radius 3 is 2.72 bits per heavy atom. The summed E-state index contributed by atoms with van der Waals surface area (Å²) in [5.41, 5.74) is 0.650. The van der Waals surface area contributed by atoms with Crippen molar-refractivity contribution in [2.45, 2.75) is 51.0 Å². The Morgan fingerprint density at radius 1 is 1.28 bits per heavy atom. The summed E-state index contributed by atoms with van der Waals surface area (Å²) in [5, 5.41) is 7.15. The zero-order valence-corrected chi connectivity index (χ0v) is 14.4. The summed E-state index contributed by atoms with van der Waals surface area (Å²) in [4.78, 5) is 23.3. The second kappa shape index (κ2) is 6.82. The van der Waals surface area contributed by atoms with Crippen LogP contribution in [0.2, 0.25) is 0 Å². The summed E-state index contributed by atoms with van der Waals surface area (Å²) < 4.78 is 5.80. The van der Waals surface area contributed by atoms with Gasteiger partial charge in [0, 0.05) is 36.8 Å². The summed E-state index contributed by atoms with van der Waals surface area (Å²) in [6.45, 7) is 3.35. The zero-order chi connectivity index (χ0) is 17.2. The zero-order valence-electron chi connectivity index (χ0n) is 14.4. The van der Waals surface area contributed by atoms with Crippen LogP contribution < -0.4 is 4.74 Å². The topological polar surface area (TPSA) is 84.0 Å². The molecule has 0 bridgehead atoms. The van der Waals surface area contributed by atoms with Crippen molar-refractivity contribution in [2.75, 3.05) is 13.1 Å². The van der Waals surface area contributed by atoms with Gasteiger partial charge >= 0.3 is 0 Å². The Hall–Kier alpha value is -2.44. The molecular weight excluding hydrogens is 318 g/mol. The van der Waals surface area contributed by atoms with E-state index in [9.17, 15) is 4.79 Å². The Morgan fingerprint density at radius 2 is 2.08 bits per heavy atom. The molecule has 3 heterocycles. The number of H-pyrrole nitrogens is 1. The van der Waals surface area contributed by atoms with E-state index >= 15 is 0 Å². The second-order valence-electron chi connectivity index (χ2n) is 6.90. The number of ether oxygens (including phenoxy) is 1. The maximum Gasteiger partial charge on any atom is 0.254 e. The average molecular weight is 341 g/mol. The van der Waals surface area contributed by atoms with Gasteiger partial charge in [-0.05, 0) is 45.1 Å². The van der Waals surface area contributed by atoms with Gasteiger partial charge in [-0.1, -0.05) is 0 Å². The molecule has 2 fully saturated rings. The summed E-state index contributed by atoms with van der Waals surface area (Å²) in [5.74, 6) is 2.63. The van der Waals surface area contributed by atoms with Crippen molar-refractivity contribution in [3.63, 3.8) is 0 Å². The number of pyridine rings is 1. The van der Waals surface area contributed by atoms with Crippen LogP contribution in [0.1, 0.15) is 60.0 Å². The highest BCUT2D eigenvalue weighted by atomic mass is 16.5. The standard InChI is InChI=1S/C18H23N5O2/c1-12-20-17(22-21-12)13-6-9-23(10-7-13)18(24)14-5-8-19-16(11-14)25-15-3-2-4-15/h5,8,11,13,15H,2-4,6-7,9-10H2,1H3,(H,20,21,22). The fourth-order valence-corrected chi connectivity index (χ4v) is 3.33. The highest BCUT2D eigenvalue weighted by Crippen LogP contribution is 2.27. The molecule has 1 saturated carbocycles. The van der Waals surface area contributed by atoms with Gasteiger partial charge in [0.2, 0.25) is 5.88 Å². The minimum absolute atomic E-state index is 0.0467. The van der Waals surface area contributed by atoms with Crippen molar-refractivity contribution in [3.8, 4) is 5.88 Å². The van der Waals surface area contributed by atoms with Crippen LogP contribution in [0, 0.1) is 6.92 Å². The smallest absolute Gasteiger partial charge is 0.254 e. The number of carbonyl (C=O) groups is 1. The van der Waals surface area contributed by atoms with Crippen LogP contribution in [0.3, 0.4) is 0 Å². The molecule has 2 aromatic rings. The minimum Gasteiger partial charge on any atom is -0.474 e. The van der Waals surface area contributed by atoms with Crippen molar-refractivity contribution in [1.82, 2.24) is 25.1 Å². The van der Waals surface area contributed by atoms with Crippen LogP contribution in [0.5, 0.6) is 5.88 Å². The van der Waals surface area contributed by atoms with Gasteiger partial charge in [-0.15, -0.1) is 0 Å². The molecular formula is C18H23N5O2. The Bertz CT molecular complexity index is 747. The molecule has 1 aliphatic heterocycles. The largest absolute Gasteiger partial charge is 0.474 e. The number of aromatic amines is 1. The normalized spacial score (nSPS) is 18.8. The third-order valence-corrected chi connectivity index (χ3v) is 5.08. The first kappa shape index (κ1) is 16.1. The number of hydrogen-bond acceptors (Lipinski definition) is 5. The summed E-state index contributed by atoms with van der Waals surface area (Å²) in [7, 11) is 0. The number of piperidine rings is 1. The molecule has 0 aromatic carbocycles. The van der Waals surface area contributed by atoms with Gasteiger partial charge in [0.15, 0.2) is 5.82 Å². The maximum absolute atomic E-state index is 12.8. The third-order valence-electron chi connectivity index (χ3n) is 5.08. The van der Waals surface area contributed by atoms with E-state index in [0.717, 1.165) is 50.4 Å². The van der Waals surface area contributed by atoms with E-state index in [0.29, 0.717) is 17.4 Å². The molecule has 0 unspecified atom stereocenters. The van der Waals surface area contributed by atoms with Crippen molar-refractivity contribution in [2.24, 2.45) is 0 Å². The number of nitrogens with zero attached hydrogens (tertiary/aromatic N) is 4. The maximum atomic E-state index is 12.8. The molecule has 132 valence electrons. The van der Waals surface area contributed by atoms with Crippen LogP contribution in [0.4, 0.5) is 0 Å². The molecule has 7 heteroatoms. The van der Waals surface area contributed by atoms with Crippen LogP contribution in [-0.2, 0) is 0 Å². The molecule has 2 aliphatic rings. The van der Waals surface area contributed by atoms with E-state index < -0.39 is 0 Å². The van der Waals surface area contributed by atoms with E-state index in [1.165, 1.54) is 6.42 Å². The molecule has 0 spiro atoms. The number of aromatic nitrogens is 4. The predicted molar refractivity (Wildman–Crippen MR) is 91.5 cm³/mol. The van der Waals surface area contributed by atoms with Crippen molar-refractivity contribution < 1.29 is 9.53 Å².